The number of hydrogen-bond donors (Lipinski definition) is 1. The Balaban J connectivity index is 2.22. The maximum Gasteiger partial charge on any atom is 0.220 e. The molecular formula is C13H17NO3. The Morgan fingerprint density at radius 3 is 2.82 bits per heavy atom. The van der Waals surface area contributed by atoms with E-state index in [-0.39, 0.29) is 11.8 Å². The second kappa shape index (κ2) is 5.08. The fourth-order valence-corrected chi connectivity index (χ4v) is 2.05. The second-order valence-corrected chi connectivity index (χ2v) is 4.05. The summed E-state index contributed by atoms with van der Waals surface area (Å²) in [7, 11) is 1.62. The second-order valence-electron chi connectivity index (χ2n) is 4.05. The third-order valence-electron chi connectivity index (χ3n) is 2.94. The number of carbonyl (C=O) groups excluding carboxylic acids is 1. The van der Waals surface area contributed by atoms with Crippen LogP contribution in [-0.2, 0) is 4.79 Å². The molecule has 17 heavy (non-hydrogen) atoms. The van der Waals surface area contributed by atoms with Gasteiger partial charge in [0.15, 0.2) is 11.5 Å². The molecule has 0 radical (unpaired) electrons. The van der Waals surface area contributed by atoms with Gasteiger partial charge in [0.2, 0.25) is 5.91 Å². The zero-order valence-electron chi connectivity index (χ0n) is 10.2. The molecule has 0 bridgehead atoms. The van der Waals surface area contributed by atoms with Crippen molar-refractivity contribution in [2.45, 2.75) is 19.3 Å². The third-order valence-corrected chi connectivity index (χ3v) is 2.94. The zero-order chi connectivity index (χ0) is 12.3. The van der Waals surface area contributed by atoms with Crippen molar-refractivity contribution in [2.24, 2.45) is 0 Å². The van der Waals surface area contributed by atoms with Gasteiger partial charge in [0.05, 0.1) is 13.7 Å². The maximum atomic E-state index is 11.2. The average Bonchev–Trinajstić information content (AvgIpc) is 2.77. The lowest BCUT2D eigenvalue weighted by Crippen LogP contribution is -2.13. The average molecular weight is 235 g/mol. The lowest BCUT2D eigenvalue weighted by molar-refractivity contribution is -0.119. The Hall–Kier alpha value is -1.71. The molecule has 1 saturated heterocycles. The van der Waals surface area contributed by atoms with Crippen LogP contribution in [0.4, 0.5) is 0 Å². The number of hydrogen-bond acceptors (Lipinski definition) is 3. The molecule has 0 spiro atoms. The first-order valence-corrected chi connectivity index (χ1v) is 5.82. The summed E-state index contributed by atoms with van der Waals surface area (Å²) in [6.45, 7) is 3.25. The molecule has 1 N–H and O–H groups in total. The van der Waals surface area contributed by atoms with Gasteiger partial charge >= 0.3 is 0 Å². The first kappa shape index (κ1) is 11.8. The summed E-state index contributed by atoms with van der Waals surface area (Å²) in [5.74, 6) is 1.83. The van der Waals surface area contributed by atoms with Gasteiger partial charge in [0, 0.05) is 18.9 Å². The molecule has 4 nitrogen and oxygen atoms in total. The summed E-state index contributed by atoms with van der Waals surface area (Å²) < 4.78 is 10.8. The van der Waals surface area contributed by atoms with Gasteiger partial charge in [-0.25, -0.2) is 0 Å². The topological polar surface area (TPSA) is 47.6 Å². The van der Waals surface area contributed by atoms with E-state index in [0.29, 0.717) is 19.6 Å². The summed E-state index contributed by atoms with van der Waals surface area (Å²) in [5.41, 5.74) is 1.11. The van der Waals surface area contributed by atoms with Crippen molar-refractivity contribution < 1.29 is 14.3 Å². The van der Waals surface area contributed by atoms with Crippen LogP contribution in [0.25, 0.3) is 0 Å². The normalized spacial score (nSPS) is 18.9. The molecular weight excluding hydrogens is 218 g/mol. The minimum Gasteiger partial charge on any atom is -0.493 e. The minimum atomic E-state index is 0.114. The molecule has 1 unspecified atom stereocenters. The summed E-state index contributed by atoms with van der Waals surface area (Å²) in [6.07, 6.45) is 0.553. The molecule has 1 aromatic rings. The van der Waals surface area contributed by atoms with E-state index < -0.39 is 0 Å². The highest BCUT2D eigenvalue weighted by Crippen LogP contribution is 2.32. The summed E-state index contributed by atoms with van der Waals surface area (Å²) in [5, 5.41) is 2.83. The van der Waals surface area contributed by atoms with E-state index in [0.717, 1.165) is 17.1 Å². The van der Waals surface area contributed by atoms with Crippen molar-refractivity contribution in [3.63, 3.8) is 0 Å². The van der Waals surface area contributed by atoms with Crippen LogP contribution in [0.15, 0.2) is 18.2 Å². The number of amides is 1. The van der Waals surface area contributed by atoms with Crippen molar-refractivity contribution in [1.82, 2.24) is 5.32 Å². The summed E-state index contributed by atoms with van der Waals surface area (Å²) in [4.78, 5) is 11.2. The molecule has 1 aliphatic heterocycles. The standard InChI is InChI=1S/C13H17NO3/c1-3-17-11-5-4-9(6-12(11)16-2)10-7-13(15)14-8-10/h4-6,10H,3,7-8H2,1-2H3,(H,14,15). The number of rotatable bonds is 4. The third kappa shape index (κ3) is 2.52. The first-order chi connectivity index (χ1) is 8.24. The molecule has 1 amide bonds. The Morgan fingerprint density at radius 1 is 1.41 bits per heavy atom. The predicted octanol–water partition coefficient (Wildman–Crippen LogP) is 1.70. The first-order valence-electron chi connectivity index (χ1n) is 5.82. The molecule has 1 fully saturated rings. The van der Waals surface area contributed by atoms with Gasteiger partial charge in [-0.2, -0.15) is 0 Å². The SMILES string of the molecule is CCOc1ccc(C2CNC(=O)C2)cc1OC. The fourth-order valence-electron chi connectivity index (χ4n) is 2.05. The van der Waals surface area contributed by atoms with Crippen LogP contribution in [0.2, 0.25) is 0 Å². The van der Waals surface area contributed by atoms with E-state index >= 15 is 0 Å². The molecule has 0 aliphatic carbocycles. The fraction of sp³-hybridized carbons (Fsp3) is 0.462. The predicted molar refractivity (Wildman–Crippen MR) is 64.5 cm³/mol. The number of carbonyl (C=O) groups is 1. The highest BCUT2D eigenvalue weighted by Gasteiger charge is 2.23. The number of benzene rings is 1. The van der Waals surface area contributed by atoms with E-state index in [1.807, 2.05) is 25.1 Å². The Morgan fingerprint density at radius 2 is 2.24 bits per heavy atom. The molecule has 92 valence electrons. The highest BCUT2D eigenvalue weighted by atomic mass is 16.5. The smallest absolute Gasteiger partial charge is 0.220 e. The molecule has 2 rings (SSSR count). The Bertz CT molecular complexity index is 417. The van der Waals surface area contributed by atoms with Crippen molar-refractivity contribution in [1.29, 1.82) is 0 Å². The highest BCUT2D eigenvalue weighted by molar-refractivity contribution is 5.79. The van der Waals surface area contributed by atoms with Crippen LogP contribution < -0.4 is 14.8 Å². The van der Waals surface area contributed by atoms with Gasteiger partial charge in [-0.3, -0.25) is 4.79 Å². The molecule has 1 aliphatic rings. The largest absolute Gasteiger partial charge is 0.493 e. The molecule has 0 aromatic heterocycles. The Kier molecular flexibility index (Phi) is 3.52. The molecule has 1 heterocycles. The van der Waals surface area contributed by atoms with Crippen LogP contribution in [-0.4, -0.2) is 26.2 Å². The molecule has 0 saturated carbocycles. The van der Waals surface area contributed by atoms with Crippen LogP contribution in [0, 0.1) is 0 Å². The number of ether oxygens (including phenoxy) is 2. The molecule has 1 atom stereocenters. The van der Waals surface area contributed by atoms with Gasteiger partial charge in [0.25, 0.3) is 0 Å². The monoisotopic (exact) mass is 235 g/mol. The van der Waals surface area contributed by atoms with Crippen LogP contribution >= 0.6 is 0 Å². The van der Waals surface area contributed by atoms with Gasteiger partial charge in [-0.05, 0) is 24.6 Å². The van der Waals surface area contributed by atoms with E-state index in [9.17, 15) is 4.79 Å². The van der Waals surface area contributed by atoms with Crippen LogP contribution in [0.5, 0.6) is 11.5 Å². The van der Waals surface area contributed by atoms with Crippen LogP contribution in [0.3, 0.4) is 0 Å². The van der Waals surface area contributed by atoms with Gasteiger partial charge < -0.3 is 14.8 Å². The van der Waals surface area contributed by atoms with Crippen molar-refractivity contribution in [3.05, 3.63) is 23.8 Å². The quantitative estimate of drug-likeness (QED) is 0.864. The molecule has 1 aromatic carbocycles. The van der Waals surface area contributed by atoms with Crippen LogP contribution in [0.1, 0.15) is 24.8 Å². The number of methoxy groups -OCH3 is 1. The van der Waals surface area contributed by atoms with E-state index in [4.69, 9.17) is 9.47 Å². The van der Waals surface area contributed by atoms with Crippen molar-refractivity contribution >= 4 is 5.91 Å². The van der Waals surface area contributed by atoms with Crippen molar-refractivity contribution in [3.8, 4) is 11.5 Å². The minimum absolute atomic E-state index is 0.114. The van der Waals surface area contributed by atoms with Gasteiger partial charge in [-0.1, -0.05) is 6.07 Å². The van der Waals surface area contributed by atoms with E-state index in [1.165, 1.54) is 0 Å². The summed E-state index contributed by atoms with van der Waals surface area (Å²) in [6, 6.07) is 5.86. The van der Waals surface area contributed by atoms with Gasteiger partial charge in [0.1, 0.15) is 0 Å². The summed E-state index contributed by atoms with van der Waals surface area (Å²) >= 11 is 0. The Labute approximate surface area is 101 Å². The van der Waals surface area contributed by atoms with E-state index in [1.54, 1.807) is 7.11 Å². The lowest BCUT2D eigenvalue weighted by Gasteiger charge is -2.13. The van der Waals surface area contributed by atoms with Gasteiger partial charge in [-0.15, -0.1) is 0 Å². The van der Waals surface area contributed by atoms with Crippen molar-refractivity contribution in [2.75, 3.05) is 20.3 Å². The number of nitrogens with one attached hydrogen (secondary N) is 1. The maximum absolute atomic E-state index is 11.2. The molecule has 4 heteroatoms. The van der Waals surface area contributed by atoms with E-state index in [2.05, 4.69) is 5.32 Å². The zero-order valence-corrected chi connectivity index (χ0v) is 10.2. The lowest BCUT2D eigenvalue weighted by atomic mass is 9.98.